The summed E-state index contributed by atoms with van der Waals surface area (Å²) in [5.74, 6) is -0.654. The molecule has 1 amide bonds. The summed E-state index contributed by atoms with van der Waals surface area (Å²) in [6.45, 7) is 7.56. The van der Waals surface area contributed by atoms with Crippen LogP contribution in [0.15, 0.2) is 24.4 Å². The number of aromatic amines is 1. The minimum atomic E-state index is -0.413. The molecule has 2 N–H and O–H groups in total. The maximum absolute atomic E-state index is 12.4. The smallest absolute Gasteiger partial charge is 0.340 e. The molecule has 0 aliphatic heterocycles. The van der Waals surface area contributed by atoms with E-state index in [1.807, 2.05) is 18.2 Å². The Bertz CT molecular complexity index is 721. The number of nitrogens with zero attached hydrogens (tertiary/aromatic N) is 1. The summed E-state index contributed by atoms with van der Waals surface area (Å²) in [5, 5.41) is 2.85. The van der Waals surface area contributed by atoms with Crippen LogP contribution in [-0.4, -0.2) is 34.5 Å². The van der Waals surface area contributed by atoms with Gasteiger partial charge in [-0.15, -0.1) is 0 Å². The van der Waals surface area contributed by atoms with E-state index < -0.39 is 5.97 Å². The molecular weight excluding hydrogens is 306 g/mol. The molecule has 2 aromatic rings. The van der Waals surface area contributed by atoms with E-state index in [0.29, 0.717) is 35.5 Å². The number of esters is 1. The third kappa shape index (κ3) is 4.22. The Balaban J connectivity index is 2.03. The summed E-state index contributed by atoms with van der Waals surface area (Å²) in [6.07, 6.45) is 2.16. The SMILES string of the molecule is Cc1[nH]c(C(=O)NCCc2ccccn2)c(C)c1C(=O)OC(C)C. The first-order chi connectivity index (χ1) is 11.4. The molecule has 0 aliphatic rings. The molecule has 6 heteroatoms. The predicted molar refractivity (Wildman–Crippen MR) is 91.1 cm³/mol. The van der Waals surface area contributed by atoms with Gasteiger partial charge in [-0.1, -0.05) is 6.07 Å². The Morgan fingerprint density at radius 1 is 1.29 bits per heavy atom. The van der Waals surface area contributed by atoms with E-state index in [0.717, 1.165) is 5.69 Å². The van der Waals surface area contributed by atoms with Crippen LogP contribution in [0.1, 0.15) is 51.6 Å². The van der Waals surface area contributed by atoms with Crippen molar-refractivity contribution in [2.24, 2.45) is 0 Å². The molecule has 24 heavy (non-hydrogen) atoms. The Hall–Kier alpha value is -2.63. The zero-order chi connectivity index (χ0) is 17.7. The normalized spacial score (nSPS) is 10.7. The number of hydrogen-bond acceptors (Lipinski definition) is 4. The molecular formula is C18H23N3O3. The third-order valence-electron chi connectivity index (χ3n) is 3.60. The Kier molecular flexibility index (Phi) is 5.73. The van der Waals surface area contributed by atoms with Gasteiger partial charge < -0.3 is 15.0 Å². The van der Waals surface area contributed by atoms with E-state index in [1.165, 1.54) is 0 Å². The van der Waals surface area contributed by atoms with E-state index in [1.54, 1.807) is 33.9 Å². The van der Waals surface area contributed by atoms with Crippen LogP contribution in [0.4, 0.5) is 0 Å². The molecule has 0 atom stereocenters. The van der Waals surface area contributed by atoms with Crippen LogP contribution in [0.5, 0.6) is 0 Å². The van der Waals surface area contributed by atoms with Gasteiger partial charge in [0, 0.05) is 30.6 Å². The molecule has 6 nitrogen and oxygen atoms in total. The Labute approximate surface area is 141 Å². The molecule has 128 valence electrons. The molecule has 0 fully saturated rings. The van der Waals surface area contributed by atoms with Crippen molar-refractivity contribution < 1.29 is 14.3 Å². The van der Waals surface area contributed by atoms with E-state index in [2.05, 4.69) is 15.3 Å². The van der Waals surface area contributed by atoms with E-state index >= 15 is 0 Å². The molecule has 0 saturated carbocycles. The monoisotopic (exact) mass is 329 g/mol. The first-order valence-corrected chi connectivity index (χ1v) is 7.98. The molecule has 0 saturated heterocycles. The highest BCUT2D eigenvalue weighted by Crippen LogP contribution is 2.19. The number of aryl methyl sites for hydroxylation is 1. The quantitative estimate of drug-likeness (QED) is 0.798. The number of ether oxygens (including phenoxy) is 1. The van der Waals surface area contributed by atoms with Crippen molar-refractivity contribution in [1.29, 1.82) is 0 Å². The summed E-state index contributed by atoms with van der Waals surface area (Å²) in [7, 11) is 0. The van der Waals surface area contributed by atoms with Crippen molar-refractivity contribution >= 4 is 11.9 Å². The van der Waals surface area contributed by atoms with Gasteiger partial charge in [-0.3, -0.25) is 9.78 Å². The fourth-order valence-corrected chi connectivity index (χ4v) is 2.49. The minimum Gasteiger partial charge on any atom is -0.459 e. The minimum absolute atomic E-state index is 0.207. The molecule has 0 unspecified atom stereocenters. The van der Waals surface area contributed by atoms with Crippen LogP contribution in [-0.2, 0) is 11.2 Å². The fraction of sp³-hybridized carbons (Fsp3) is 0.389. The lowest BCUT2D eigenvalue weighted by molar-refractivity contribution is 0.0376. The summed E-state index contributed by atoms with van der Waals surface area (Å²) < 4.78 is 5.23. The molecule has 2 aromatic heterocycles. The van der Waals surface area contributed by atoms with Gasteiger partial charge in [0.05, 0.1) is 11.7 Å². The Morgan fingerprint density at radius 2 is 2.04 bits per heavy atom. The molecule has 0 radical (unpaired) electrons. The second kappa shape index (κ2) is 7.77. The van der Waals surface area contributed by atoms with Crippen LogP contribution in [0, 0.1) is 13.8 Å². The first kappa shape index (κ1) is 17.7. The van der Waals surface area contributed by atoms with E-state index in [4.69, 9.17) is 4.74 Å². The van der Waals surface area contributed by atoms with Gasteiger partial charge in [0.25, 0.3) is 5.91 Å². The summed E-state index contributed by atoms with van der Waals surface area (Å²) in [4.78, 5) is 31.7. The second-order valence-electron chi connectivity index (χ2n) is 5.91. The average molecular weight is 329 g/mol. The van der Waals surface area contributed by atoms with E-state index in [9.17, 15) is 9.59 Å². The van der Waals surface area contributed by atoms with Crippen LogP contribution in [0.3, 0.4) is 0 Å². The molecule has 0 bridgehead atoms. The molecule has 0 aromatic carbocycles. The lowest BCUT2D eigenvalue weighted by Gasteiger charge is -2.08. The van der Waals surface area contributed by atoms with Crippen LogP contribution < -0.4 is 5.32 Å². The highest BCUT2D eigenvalue weighted by Gasteiger charge is 2.23. The zero-order valence-corrected chi connectivity index (χ0v) is 14.5. The zero-order valence-electron chi connectivity index (χ0n) is 14.5. The van der Waals surface area contributed by atoms with Crippen molar-refractivity contribution in [1.82, 2.24) is 15.3 Å². The van der Waals surface area contributed by atoms with Crippen molar-refractivity contribution in [3.63, 3.8) is 0 Å². The molecule has 0 aliphatic carbocycles. The number of amides is 1. The summed E-state index contributed by atoms with van der Waals surface area (Å²) in [5.41, 5.74) is 2.97. The molecule has 0 spiro atoms. The van der Waals surface area contributed by atoms with Gasteiger partial charge in [0.2, 0.25) is 0 Å². The molecule has 2 rings (SSSR count). The number of pyridine rings is 1. The number of H-pyrrole nitrogens is 1. The first-order valence-electron chi connectivity index (χ1n) is 7.98. The van der Waals surface area contributed by atoms with Crippen molar-refractivity contribution in [3.8, 4) is 0 Å². The molecule has 2 heterocycles. The van der Waals surface area contributed by atoms with Crippen LogP contribution in [0.2, 0.25) is 0 Å². The van der Waals surface area contributed by atoms with Crippen LogP contribution in [0.25, 0.3) is 0 Å². The third-order valence-corrected chi connectivity index (χ3v) is 3.60. The largest absolute Gasteiger partial charge is 0.459 e. The van der Waals surface area contributed by atoms with Gasteiger partial charge in [0.1, 0.15) is 5.69 Å². The van der Waals surface area contributed by atoms with Gasteiger partial charge in [-0.2, -0.15) is 0 Å². The topological polar surface area (TPSA) is 84.1 Å². The van der Waals surface area contributed by atoms with Crippen molar-refractivity contribution in [3.05, 3.63) is 52.6 Å². The predicted octanol–water partition coefficient (Wildman–Crippen LogP) is 2.56. The average Bonchev–Trinajstić information content (AvgIpc) is 2.82. The lowest BCUT2D eigenvalue weighted by Crippen LogP contribution is -2.27. The number of nitrogens with one attached hydrogen (secondary N) is 2. The van der Waals surface area contributed by atoms with Crippen molar-refractivity contribution in [2.45, 2.75) is 40.2 Å². The van der Waals surface area contributed by atoms with Gasteiger partial charge in [-0.25, -0.2) is 4.79 Å². The number of carbonyl (C=O) groups excluding carboxylic acids is 2. The maximum atomic E-state index is 12.4. The summed E-state index contributed by atoms with van der Waals surface area (Å²) >= 11 is 0. The number of rotatable bonds is 6. The second-order valence-corrected chi connectivity index (χ2v) is 5.91. The number of hydrogen-bond donors (Lipinski definition) is 2. The number of carbonyl (C=O) groups is 2. The van der Waals surface area contributed by atoms with Crippen molar-refractivity contribution in [2.75, 3.05) is 6.54 Å². The number of aromatic nitrogens is 2. The summed E-state index contributed by atoms with van der Waals surface area (Å²) in [6, 6.07) is 5.68. The van der Waals surface area contributed by atoms with Gasteiger partial charge in [0.15, 0.2) is 0 Å². The fourth-order valence-electron chi connectivity index (χ4n) is 2.49. The highest BCUT2D eigenvalue weighted by molar-refractivity contribution is 6.00. The van der Waals surface area contributed by atoms with E-state index in [-0.39, 0.29) is 12.0 Å². The lowest BCUT2D eigenvalue weighted by atomic mass is 10.1. The van der Waals surface area contributed by atoms with Gasteiger partial charge >= 0.3 is 5.97 Å². The highest BCUT2D eigenvalue weighted by atomic mass is 16.5. The Morgan fingerprint density at radius 3 is 2.67 bits per heavy atom. The van der Waals surface area contributed by atoms with Crippen LogP contribution >= 0.6 is 0 Å². The van der Waals surface area contributed by atoms with Gasteiger partial charge in [-0.05, 0) is 45.4 Å². The maximum Gasteiger partial charge on any atom is 0.340 e. The standard InChI is InChI=1S/C18H23N3O3/c1-11(2)24-18(23)15-12(3)16(21-13(15)4)17(22)20-10-8-14-7-5-6-9-19-14/h5-7,9,11,21H,8,10H2,1-4H3,(H,20,22).